The Kier molecular flexibility index (Phi) is 4.03. The number of nitrogens with zero attached hydrogens (tertiary/aromatic N) is 3. The van der Waals surface area contributed by atoms with Crippen LogP contribution < -0.4 is 10.7 Å². The molecule has 0 aliphatic carbocycles. The Balaban J connectivity index is 1.54. The number of benzene rings is 1. The van der Waals surface area contributed by atoms with Crippen LogP contribution in [0.4, 0.5) is 5.69 Å². The molecule has 4 rings (SSSR count). The molecule has 0 atom stereocenters. The van der Waals surface area contributed by atoms with Crippen LogP contribution in [0.15, 0.2) is 72.2 Å². The summed E-state index contributed by atoms with van der Waals surface area (Å²) >= 11 is 0. The molecule has 4 aromatic rings. The van der Waals surface area contributed by atoms with Gasteiger partial charge in [-0.2, -0.15) is 5.10 Å². The number of aromatic amines is 1. The van der Waals surface area contributed by atoms with E-state index in [0.717, 1.165) is 5.56 Å². The highest BCUT2D eigenvalue weighted by Crippen LogP contribution is 2.10. The average Bonchev–Trinajstić information content (AvgIpc) is 3.09. The van der Waals surface area contributed by atoms with Gasteiger partial charge in [0.1, 0.15) is 5.56 Å². The highest BCUT2D eigenvalue weighted by Gasteiger charge is 2.14. The SMILES string of the molecule is O=C(Nc1cnn(Cc2ccccc2)c1)c1c[nH]c2ccncc2c1=O. The molecule has 0 bridgehead atoms. The number of nitrogens with one attached hydrogen (secondary N) is 2. The number of carbonyl (C=O) groups excluding carboxylic acids is 1. The lowest BCUT2D eigenvalue weighted by Gasteiger charge is -2.04. The molecule has 0 aliphatic heterocycles. The Hall–Kier alpha value is -3.74. The third-order valence-corrected chi connectivity index (χ3v) is 4.01. The summed E-state index contributed by atoms with van der Waals surface area (Å²) in [5.74, 6) is -0.490. The van der Waals surface area contributed by atoms with Crippen LogP contribution in [0, 0.1) is 0 Å². The summed E-state index contributed by atoms with van der Waals surface area (Å²) < 4.78 is 1.72. The summed E-state index contributed by atoms with van der Waals surface area (Å²) in [6.45, 7) is 0.596. The first-order chi connectivity index (χ1) is 12.7. The van der Waals surface area contributed by atoms with E-state index in [1.165, 1.54) is 12.4 Å². The first-order valence-corrected chi connectivity index (χ1v) is 8.04. The van der Waals surface area contributed by atoms with Crippen LogP contribution in [-0.2, 0) is 6.54 Å². The highest BCUT2D eigenvalue weighted by atomic mass is 16.2. The van der Waals surface area contributed by atoms with E-state index in [-0.39, 0.29) is 11.0 Å². The minimum Gasteiger partial charge on any atom is -0.360 e. The predicted molar refractivity (Wildman–Crippen MR) is 98.1 cm³/mol. The van der Waals surface area contributed by atoms with Crippen LogP contribution in [-0.4, -0.2) is 25.7 Å². The van der Waals surface area contributed by atoms with Gasteiger partial charge in [0, 0.05) is 24.8 Å². The lowest BCUT2D eigenvalue weighted by Crippen LogP contribution is -2.21. The van der Waals surface area contributed by atoms with Crippen LogP contribution in [0.2, 0.25) is 0 Å². The van der Waals surface area contributed by atoms with E-state index in [1.54, 1.807) is 29.3 Å². The fourth-order valence-corrected chi connectivity index (χ4v) is 2.71. The molecule has 3 aromatic heterocycles. The maximum Gasteiger partial charge on any atom is 0.261 e. The fourth-order valence-electron chi connectivity index (χ4n) is 2.71. The second-order valence-corrected chi connectivity index (χ2v) is 5.82. The molecule has 0 aliphatic rings. The third-order valence-electron chi connectivity index (χ3n) is 4.01. The molecule has 0 radical (unpaired) electrons. The van der Waals surface area contributed by atoms with Gasteiger partial charge >= 0.3 is 0 Å². The monoisotopic (exact) mass is 345 g/mol. The zero-order chi connectivity index (χ0) is 17.9. The second kappa shape index (κ2) is 6.64. The van der Waals surface area contributed by atoms with Crippen molar-refractivity contribution in [1.29, 1.82) is 0 Å². The van der Waals surface area contributed by atoms with Crippen molar-refractivity contribution in [3.63, 3.8) is 0 Å². The van der Waals surface area contributed by atoms with E-state index < -0.39 is 5.91 Å². The predicted octanol–water partition coefficient (Wildman–Crippen LogP) is 2.42. The molecule has 0 unspecified atom stereocenters. The van der Waals surface area contributed by atoms with Crippen molar-refractivity contribution in [1.82, 2.24) is 19.7 Å². The maximum atomic E-state index is 12.5. The lowest BCUT2D eigenvalue weighted by atomic mass is 10.2. The number of hydrogen-bond acceptors (Lipinski definition) is 4. The molecule has 3 heterocycles. The molecule has 26 heavy (non-hydrogen) atoms. The number of aromatic nitrogens is 4. The second-order valence-electron chi connectivity index (χ2n) is 5.82. The summed E-state index contributed by atoms with van der Waals surface area (Å²) in [5.41, 5.74) is 1.93. The van der Waals surface area contributed by atoms with E-state index >= 15 is 0 Å². The summed E-state index contributed by atoms with van der Waals surface area (Å²) in [4.78, 5) is 31.8. The first-order valence-electron chi connectivity index (χ1n) is 8.04. The fraction of sp³-hybridized carbons (Fsp3) is 0.0526. The number of carbonyl (C=O) groups is 1. The van der Waals surface area contributed by atoms with Gasteiger partial charge in [-0.3, -0.25) is 19.3 Å². The van der Waals surface area contributed by atoms with Crippen molar-refractivity contribution in [3.8, 4) is 0 Å². The minimum absolute atomic E-state index is 0.0290. The number of anilines is 1. The van der Waals surface area contributed by atoms with Crippen molar-refractivity contribution >= 4 is 22.5 Å². The number of pyridine rings is 2. The van der Waals surface area contributed by atoms with Crippen LogP contribution in [0.1, 0.15) is 15.9 Å². The largest absolute Gasteiger partial charge is 0.360 e. The van der Waals surface area contributed by atoms with E-state index in [2.05, 4.69) is 20.4 Å². The Morgan fingerprint density at radius 1 is 1.15 bits per heavy atom. The topological polar surface area (TPSA) is 92.7 Å². The van der Waals surface area contributed by atoms with E-state index in [4.69, 9.17) is 0 Å². The number of hydrogen-bond donors (Lipinski definition) is 2. The summed E-state index contributed by atoms with van der Waals surface area (Å²) in [5, 5.41) is 7.32. The standard InChI is InChI=1S/C19H15N5O2/c25-18-15-9-20-7-6-17(15)21-10-16(18)19(26)23-14-8-22-24(12-14)11-13-4-2-1-3-5-13/h1-10,12H,11H2,(H,21,25)(H,23,26). The molecule has 1 amide bonds. The van der Waals surface area contributed by atoms with Crippen LogP contribution >= 0.6 is 0 Å². The smallest absolute Gasteiger partial charge is 0.261 e. The lowest BCUT2D eigenvalue weighted by molar-refractivity contribution is 0.102. The molecule has 0 saturated carbocycles. The normalized spacial score (nSPS) is 10.8. The van der Waals surface area contributed by atoms with Crippen LogP contribution in [0.25, 0.3) is 10.9 Å². The first kappa shape index (κ1) is 15.8. The van der Waals surface area contributed by atoms with E-state index in [0.29, 0.717) is 23.1 Å². The maximum absolute atomic E-state index is 12.5. The van der Waals surface area contributed by atoms with Crippen molar-refractivity contribution in [3.05, 3.63) is 88.7 Å². The molecular weight excluding hydrogens is 330 g/mol. The van der Waals surface area contributed by atoms with Gasteiger partial charge in [-0.05, 0) is 11.6 Å². The third kappa shape index (κ3) is 3.10. The summed E-state index contributed by atoms with van der Waals surface area (Å²) in [6, 6.07) is 11.6. The Morgan fingerprint density at radius 2 is 2.00 bits per heavy atom. The van der Waals surface area contributed by atoms with Crippen molar-refractivity contribution < 1.29 is 4.79 Å². The van der Waals surface area contributed by atoms with Crippen molar-refractivity contribution in [2.45, 2.75) is 6.54 Å². The number of H-pyrrole nitrogens is 1. The van der Waals surface area contributed by atoms with Gasteiger partial charge in [-0.25, -0.2) is 0 Å². The number of fused-ring (bicyclic) bond motifs is 1. The molecule has 0 spiro atoms. The van der Waals surface area contributed by atoms with Crippen molar-refractivity contribution in [2.24, 2.45) is 0 Å². The van der Waals surface area contributed by atoms with E-state index in [9.17, 15) is 9.59 Å². The van der Waals surface area contributed by atoms with Crippen molar-refractivity contribution in [2.75, 3.05) is 5.32 Å². The molecule has 0 saturated heterocycles. The average molecular weight is 345 g/mol. The van der Waals surface area contributed by atoms with Gasteiger partial charge in [0.2, 0.25) is 5.43 Å². The Bertz CT molecular complexity index is 1130. The van der Waals surface area contributed by atoms with Crippen LogP contribution in [0.3, 0.4) is 0 Å². The molecule has 2 N–H and O–H groups in total. The molecule has 7 heteroatoms. The van der Waals surface area contributed by atoms with Gasteiger partial charge in [-0.1, -0.05) is 30.3 Å². The van der Waals surface area contributed by atoms with Gasteiger partial charge in [0.05, 0.1) is 29.3 Å². The Labute approximate surface area is 148 Å². The van der Waals surface area contributed by atoms with Gasteiger partial charge in [0.25, 0.3) is 5.91 Å². The Morgan fingerprint density at radius 3 is 2.85 bits per heavy atom. The summed E-state index contributed by atoms with van der Waals surface area (Å²) in [6.07, 6.45) is 7.72. The summed E-state index contributed by atoms with van der Waals surface area (Å²) in [7, 11) is 0. The molecule has 1 aromatic carbocycles. The van der Waals surface area contributed by atoms with Gasteiger partial charge in [-0.15, -0.1) is 0 Å². The molecule has 7 nitrogen and oxygen atoms in total. The van der Waals surface area contributed by atoms with E-state index in [1.807, 2.05) is 30.3 Å². The minimum atomic E-state index is -0.490. The zero-order valence-corrected chi connectivity index (χ0v) is 13.7. The van der Waals surface area contributed by atoms with Gasteiger partial charge in [0.15, 0.2) is 0 Å². The highest BCUT2D eigenvalue weighted by molar-refractivity contribution is 6.05. The quantitative estimate of drug-likeness (QED) is 0.594. The van der Waals surface area contributed by atoms with Gasteiger partial charge < -0.3 is 10.3 Å². The van der Waals surface area contributed by atoms with Crippen LogP contribution in [0.5, 0.6) is 0 Å². The number of rotatable bonds is 4. The zero-order valence-electron chi connectivity index (χ0n) is 13.7. The molecule has 0 fully saturated rings. The molecular formula is C19H15N5O2. The molecule has 128 valence electrons. The number of amides is 1.